The van der Waals surface area contributed by atoms with Gasteiger partial charge in [0.25, 0.3) is 0 Å². The summed E-state index contributed by atoms with van der Waals surface area (Å²) < 4.78 is 11.3. The van der Waals surface area contributed by atoms with Gasteiger partial charge in [-0.15, -0.1) is 0 Å². The van der Waals surface area contributed by atoms with Crippen LogP contribution in [0.3, 0.4) is 0 Å². The Kier molecular flexibility index (Phi) is 5.72. The van der Waals surface area contributed by atoms with Crippen molar-refractivity contribution in [3.05, 3.63) is 23.8 Å². The molecule has 1 heterocycles. The third-order valence-electron chi connectivity index (χ3n) is 3.00. The molecule has 0 saturated carbocycles. The summed E-state index contributed by atoms with van der Waals surface area (Å²) in [5.41, 5.74) is 1.11. The Balaban J connectivity index is 2.06. The van der Waals surface area contributed by atoms with E-state index in [4.69, 9.17) is 9.47 Å². The monoisotopic (exact) mass is 291 g/mol. The number of aliphatic imine (C=N–C) groups is 1. The summed E-state index contributed by atoms with van der Waals surface area (Å²) in [5.74, 6) is 2.48. The van der Waals surface area contributed by atoms with Crippen LogP contribution in [0.1, 0.15) is 32.8 Å². The fourth-order valence-electron chi connectivity index (χ4n) is 2.07. The smallest absolute Gasteiger partial charge is 0.191 e. The Labute approximate surface area is 126 Å². The van der Waals surface area contributed by atoms with Crippen molar-refractivity contribution in [2.45, 2.75) is 39.8 Å². The van der Waals surface area contributed by atoms with Gasteiger partial charge in [0, 0.05) is 19.0 Å². The van der Waals surface area contributed by atoms with Crippen LogP contribution in [0.5, 0.6) is 11.5 Å². The number of benzene rings is 1. The lowest BCUT2D eigenvalue weighted by atomic mass is 10.2. The number of ether oxygens (including phenoxy) is 2. The number of guanidine groups is 1. The quantitative estimate of drug-likeness (QED) is 0.660. The highest BCUT2D eigenvalue weighted by Gasteiger charge is 2.10. The minimum atomic E-state index is 0.353. The molecule has 0 aromatic heterocycles. The van der Waals surface area contributed by atoms with Gasteiger partial charge in [0.1, 0.15) is 0 Å². The molecule has 0 fully saturated rings. The van der Waals surface area contributed by atoms with E-state index in [1.807, 2.05) is 18.2 Å². The second-order valence-corrected chi connectivity index (χ2v) is 5.33. The van der Waals surface area contributed by atoms with E-state index in [0.717, 1.165) is 36.0 Å². The van der Waals surface area contributed by atoms with Crippen molar-refractivity contribution >= 4 is 5.96 Å². The van der Waals surface area contributed by atoms with Gasteiger partial charge in [0.05, 0.1) is 19.8 Å². The predicted octanol–water partition coefficient (Wildman–Crippen LogP) is 2.31. The van der Waals surface area contributed by atoms with Gasteiger partial charge in [-0.1, -0.05) is 6.07 Å². The number of nitrogens with zero attached hydrogens (tertiary/aromatic N) is 1. The number of fused-ring (bicyclic) bond motifs is 1. The summed E-state index contributed by atoms with van der Waals surface area (Å²) in [6.45, 7) is 9.13. The second kappa shape index (κ2) is 7.76. The Morgan fingerprint density at radius 3 is 2.71 bits per heavy atom. The van der Waals surface area contributed by atoms with Crippen LogP contribution in [0, 0.1) is 0 Å². The minimum Gasteiger partial charge on any atom is -0.490 e. The summed E-state index contributed by atoms with van der Waals surface area (Å²) in [4.78, 5) is 4.59. The molecule has 0 bridgehead atoms. The van der Waals surface area contributed by atoms with Crippen LogP contribution in [0.25, 0.3) is 0 Å². The van der Waals surface area contributed by atoms with Crippen LogP contribution in [0.4, 0.5) is 0 Å². The number of hydrogen-bond donors (Lipinski definition) is 2. The van der Waals surface area contributed by atoms with E-state index in [-0.39, 0.29) is 0 Å². The molecule has 21 heavy (non-hydrogen) atoms. The molecule has 0 spiro atoms. The molecule has 5 heteroatoms. The van der Waals surface area contributed by atoms with Crippen molar-refractivity contribution < 1.29 is 9.47 Å². The number of nitrogens with one attached hydrogen (secondary N) is 2. The molecular weight excluding hydrogens is 266 g/mol. The normalized spacial score (nSPS) is 14.8. The number of hydrogen-bond acceptors (Lipinski definition) is 3. The van der Waals surface area contributed by atoms with E-state index < -0.39 is 0 Å². The molecule has 0 radical (unpaired) electrons. The third-order valence-corrected chi connectivity index (χ3v) is 3.00. The van der Waals surface area contributed by atoms with E-state index in [1.165, 1.54) is 0 Å². The van der Waals surface area contributed by atoms with E-state index in [2.05, 4.69) is 36.4 Å². The molecule has 0 unspecified atom stereocenters. The maximum atomic E-state index is 5.70. The minimum absolute atomic E-state index is 0.353. The van der Waals surface area contributed by atoms with Gasteiger partial charge < -0.3 is 20.1 Å². The second-order valence-electron chi connectivity index (χ2n) is 5.33. The maximum absolute atomic E-state index is 5.70. The van der Waals surface area contributed by atoms with Crippen molar-refractivity contribution in [3.63, 3.8) is 0 Å². The molecule has 1 aliphatic rings. The lowest BCUT2D eigenvalue weighted by Gasteiger charge is -2.14. The zero-order valence-corrected chi connectivity index (χ0v) is 13.1. The first-order valence-corrected chi connectivity index (χ1v) is 7.62. The van der Waals surface area contributed by atoms with Crippen molar-refractivity contribution in [1.82, 2.24) is 10.6 Å². The fourth-order valence-corrected chi connectivity index (χ4v) is 2.07. The topological polar surface area (TPSA) is 54.9 Å². The molecule has 0 aliphatic carbocycles. The Morgan fingerprint density at radius 1 is 1.24 bits per heavy atom. The van der Waals surface area contributed by atoms with Crippen LogP contribution in [0.2, 0.25) is 0 Å². The Hall–Kier alpha value is -1.91. The van der Waals surface area contributed by atoms with Gasteiger partial charge in [-0.3, -0.25) is 0 Å². The highest BCUT2D eigenvalue weighted by atomic mass is 16.5. The Bertz CT molecular complexity index is 486. The van der Waals surface area contributed by atoms with Gasteiger partial charge in [-0.25, -0.2) is 4.99 Å². The van der Waals surface area contributed by atoms with E-state index in [0.29, 0.717) is 25.8 Å². The van der Waals surface area contributed by atoms with Gasteiger partial charge in [-0.05, 0) is 38.5 Å². The molecule has 0 atom stereocenters. The van der Waals surface area contributed by atoms with Crippen LogP contribution < -0.4 is 20.1 Å². The average Bonchev–Trinajstić information content (AvgIpc) is 2.69. The van der Waals surface area contributed by atoms with Crippen LogP contribution >= 0.6 is 0 Å². The van der Waals surface area contributed by atoms with Gasteiger partial charge in [0.2, 0.25) is 0 Å². The summed E-state index contributed by atoms with van der Waals surface area (Å²) in [7, 11) is 0. The standard InChI is InChI=1S/C16H25N3O2/c1-4-17-16(19-12(2)3)18-11-13-6-7-14-15(10-13)21-9-5-8-20-14/h6-7,10,12H,4-5,8-9,11H2,1-3H3,(H2,17,18,19). The first-order chi connectivity index (χ1) is 10.2. The summed E-state index contributed by atoms with van der Waals surface area (Å²) in [6.07, 6.45) is 0.922. The van der Waals surface area contributed by atoms with Crippen LogP contribution in [-0.2, 0) is 6.54 Å². The lowest BCUT2D eigenvalue weighted by Crippen LogP contribution is -2.40. The van der Waals surface area contributed by atoms with Crippen LogP contribution in [0.15, 0.2) is 23.2 Å². The average molecular weight is 291 g/mol. The largest absolute Gasteiger partial charge is 0.490 e. The SMILES string of the molecule is CCNC(=NCc1ccc2c(c1)OCCCO2)NC(C)C. The molecule has 1 aromatic carbocycles. The van der Waals surface area contributed by atoms with E-state index in [1.54, 1.807) is 0 Å². The maximum Gasteiger partial charge on any atom is 0.191 e. The Morgan fingerprint density at radius 2 is 2.00 bits per heavy atom. The van der Waals surface area contributed by atoms with Crippen LogP contribution in [-0.4, -0.2) is 31.8 Å². The zero-order valence-electron chi connectivity index (χ0n) is 13.1. The number of rotatable bonds is 4. The fraction of sp³-hybridized carbons (Fsp3) is 0.562. The first-order valence-electron chi connectivity index (χ1n) is 7.62. The molecule has 0 amide bonds. The van der Waals surface area contributed by atoms with Gasteiger partial charge >= 0.3 is 0 Å². The summed E-state index contributed by atoms with van der Waals surface area (Å²) >= 11 is 0. The van der Waals surface area contributed by atoms with E-state index in [9.17, 15) is 0 Å². The molecular formula is C16H25N3O2. The lowest BCUT2D eigenvalue weighted by molar-refractivity contribution is 0.297. The predicted molar refractivity (Wildman–Crippen MR) is 85.1 cm³/mol. The third kappa shape index (κ3) is 4.85. The zero-order chi connectivity index (χ0) is 15.1. The molecule has 5 nitrogen and oxygen atoms in total. The van der Waals surface area contributed by atoms with Crippen molar-refractivity contribution in [1.29, 1.82) is 0 Å². The van der Waals surface area contributed by atoms with E-state index >= 15 is 0 Å². The summed E-state index contributed by atoms with van der Waals surface area (Å²) in [6, 6.07) is 6.37. The van der Waals surface area contributed by atoms with Crippen molar-refractivity contribution in [3.8, 4) is 11.5 Å². The highest BCUT2D eigenvalue weighted by molar-refractivity contribution is 5.80. The molecule has 116 valence electrons. The molecule has 2 rings (SSSR count). The molecule has 1 aromatic rings. The van der Waals surface area contributed by atoms with Gasteiger partial charge in [-0.2, -0.15) is 0 Å². The molecule has 2 N–H and O–H groups in total. The summed E-state index contributed by atoms with van der Waals surface area (Å²) in [5, 5.41) is 6.55. The van der Waals surface area contributed by atoms with Crippen molar-refractivity contribution in [2.24, 2.45) is 4.99 Å². The van der Waals surface area contributed by atoms with Crippen molar-refractivity contribution in [2.75, 3.05) is 19.8 Å². The van der Waals surface area contributed by atoms with Gasteiger partial charge in [0.15, 0.2) is 17.5 Å². The molecule has 0 saturated heterocycles. The molecule has 1 aliphatic heterocycles. The first kappa shape index (κ1) is 15.5. The highest BCUT2D eigenvalue weighted by Crippen LogP contribution is 2.30.